The molecule has 1 rings (SSSR count). The largest absolute Gasteiger partial charge is 0.396 e. The van der Waals surface area contributed by atoms with Crippen molar-refractivity contribution in [3.05, 3.63) is 0 Å². The van der Waals surface area contributed by atoms with Crippen LogP contribution >= 0.6 is 0 Å². The van der Waals surface area contributed by atoms with Gasteiger partial charge in [-0.2, -0.15) is 0 Å². The van der Waals surface area contributed by atoms with Crippen molar-refractivity contribution in [1.29, 1.82) is 0 Å². The van der Waals surface area contributed by atoms with Gasteiger partial charge >= 0.3 is 0 Å². The van der Waals surface area contributed by atoms with E-state index in [2.05, 4.69) is 17.6 Å². The standard InChI is InChI=1S/C12H24N2O3/c1-3-5-13-11-8-17-7-10(11)12(16)14-9(2)4-6-15/h9-11,13,15H,3-8H2,1-2H3,(H,14,16). The number of hydrogen-bond donors (Lipinski definition) is 3. The maximum atomic E-state index is 12.0. The van der Waals surface area contributed by atoms with Crippen LogP contribution in [0.3, 0.4) is 0 Å². The van der Waals surface area contributed by atoms with E-state index in [1.54, 1.807) is 0 Å². The van der Waals surface area contributed by atoms with E-state index in [9.17, 15) is 4.79 Å². The molecule has 1 aliphatic rings. The lowest BCUT2D eigenvalue weighted by Crippen LogP contribution is -2.46. The molecule has 3 N–H and O–H groups in total. The molecule has 100 valence electrons. The van der Waals surface area contributed by atoms with Gasteiger partial charge in [0, 0.05) is 18.7 Å². The number of nitrogens with one attached hydrogen (secondary N) is 2. The average molecular weight is 244 g/mol. The van der Waals surface area contributed by atoms with Gasteiger partial charge in [0.05, 0.1) is 19.1 Å². The fourth-order valence-corrected chi connectivity index (χ4v) is 1.96. The fourth-order valence-electron chi connectivity index (χ4n) is 1.96. The lowest BCUT2D eigenvalue weighted by atomic mass is 10.0. The molecule has 1 fully saturated rings. The summed E-state index contributed by atoms with van der Waals surface area (Å²) in [6.07, 6.45) is 1.64. The van der Waals surface area contributed by atoms with E-state index in [1.165, 1.54) is 0 Å². The summed E-state index contributed by atoms with van der Waals surface area (Å²) in [6, 6.07) is 0.135. The van der Waals surface area contributed by atoms with Crippen molar-refractivity contribution in [2.45, 2.75) is 38.8 Å². The maximum Gasteiger partial charge on any atom is 0.227 e. The van der Waals surface area contributed by atoms with Gasteiger partial charge in [-0.05, 0) is 26.3 Å². The Kier molecular flexibility index (Phi) is 6.47. The van der Waals surface area contributed by atoms with Crippen molar-refractivity contribution in [2.75, 3.05) is 26.4 Å². The number of carbonyl (C=O) groups is 1. The van der Waals surface area contributed by atoms with E-state index in [0.29, 0.717) is 19.6 Å². The van der Waals surface area contributed by atoms with E-state index in [1.807, 2.05) is 6.92 Å². The van der Waals surface area contributed by atoms with Gasteiger partial charge in [-0.25, -0.2) is 0 Å². The molecule has 0 aromatic rings. The first-order chi connectivity index (χ1) is 8.19. The van der Waals surface area contributed by atoms with E-state index in [0.717, 1.165) is 13.0 Å². The van der Waals surface area contributed by atoms with E-state index < -0.39 is 0 Å². The monoisotopic (exact) mass is 244 g/mol. The van der Waals surface area contributed by atoms with Gasteiger partial charge in [-0.3, -0.25) is 4.79 Å². The molecule has 17 heavy (non-hydrogen) atoms. The van der Waals surface area contributed by atoms with Crippen LogP contribution in [0.25, 0.3) is 0 Å². The molecule has 5 heteroatoms. The highest BCUT2D eigenvalue weighted by Gasteiger charge is 2.33. The van der Waals surface area contributed by atoms with Crippen molar-refractivity contribution >= 4 is 5.91 Å². The molecule has 0 aromatic carbocycles. The van der Waals surface area contributed by atoms with Crippen LogP contribution in [0.1, 0.15) is 26.7 Å². The van der Waals surface area contributed by atoms with Gasteiger partial charge in [-0.1, -0.05) is 6.92 Å². The van der Waals surface area contributed by atoms with Crippen molar-refractivity contribution in [3.8, 4) is 0 Å². The lowest BCUT2D eigenvalue weighted by Gasteiger charge is -2.20. The molecule has 0 bridgehead atoms. The van der Waals surface area contributed by atoms with Gasteiger partial charge < -0.3 is 20.5 Å². The first-order valence-corrected chi connectivity index (χ1v) is 6.41. The summed E-state index contributed by atoms with van der Waals surface area (Å²) in [6.45, 7) is 6.09. The van der Waals surface area contributed by atoms with Gasteiger partial charge in [0.25, 0.3) is 0 Å². The van der Waals surface area contributed by atoms with Crippen LogP contribution in [0.15, 0.2) is 0 Å². The van der Waals surface area contributed by atoms with Crippen LogP contribution in [0.2, 0.25) is 0 Å². The normalized spacial score (nSPS) is 25.8. The zero-order valence-corrected chi connectivity index (χ0v) is 10.7. The number of hydrogen-bond acceptors (Lipinski definition) is 4. The van der Waals surface area contributed by atoms with Gasteiger partial charge in [0.1, 0.15) is 0 Å². The highest BCUT2D eigenvalue weighted by atomic mass is 16.5. The third-order valence-electron chi connectivity index (χ3n) is 3.02. The second-order valence-electron chi connectivity index (χ2n) is 4.63. The zero-order valence-electron chi connectivity index (χ0n) is 10.7. The Morgan fingerprint density at radius 1 is 1.53 bits per heavy atom. The highest BCUT2D eigenvalue weighted by molar-refractivity contribution is 5.80. The minimum atomic E-state index is -0.109. The Morgan fingerprint density at radius 3 is 2.94 bits per heavy atom. The molecule has 5 nitrogen and oxygen atoms in total. The highest BCUT2D eigenvalue weighted by Crippen LogP contribution is 2.14. The predicted molar refractivity (Wildman–Crippen MR) is 65.7 cm³/mol. The summed E-state index contributed by atoms with van der Waals surface area (Å²) in [5.74, 6) is -0.0836. The van der Waals surface area contributed by atoms with E-state index >= 15 is 0 Å². The summed E-state index contributed by atoms with van der Waals surface area (Å²) < 4.78 is 5.36. The molecule has 1 heterocycles. The molecule has 0 aliphatic carbocycles. The summed E-state index contributed by atoms with van der Waals surface area (Å²) in [4.78, 5) is 12.0. The second-order valence-corrected chi connectivity index (χ2v) is 4.63. The van der Waals surface area contributed by atoms with Crippen molar-refractivity contribution < 1.29 is 14.6 Å². The number of aliphatic hydroxyl groups excluding tert-OH is 1. The van der Waals surface area contributed by atoms with E-state index in [4.69, 9.17) is 9.84 Å². The van der Waals surface area contributed by atoms with Crippen LogP contribution in [0.5, 0.6) is 0 Å². The van der Waals surface area contributed by atoms with Crippen LogP contribution in [-0.4, -0.2) is 49.5 Å². The molecule has 0 aromatic heterocycles. The molecular formula is C12H24N2O3. The molecule has 3 atom stereocenters. The Hall–Kier alpha value is -0.650. The van der Waals surface area contributed by atoms with Crippen molar-refractivity contribution in [3.63, 3.8) is 0 Å². The topological polar surface area (TPSA) is 70.6 Å². The SMILES string of the molecule is CCCNC1COCC1C(=O)NC(C)CCO. The van der Waals surface area contributed by atoms with Crippen LogP contribution in [-0.2, 0) is 9.53 Å². The van der Waals surface area contributed by atoms with Crippen LogP contribution in [0.4, 0.5) is 0 Å². The number of amides is 1. The van der Waals surface area contributed by atoms with Gasteiger partial charge in [0.2, 0.25) is 5.91 Å². The Labute approximate surface area is 103 Å². The lowest BCUT2D eigenvalue weighted by molar-refractivity contribution is -0.126. The molecule has 3 unspecified atom stereocenters. The molecule has 1 saturated heterocycles. The summed E-state index contributed by atoms with van der Waals surface area (Å²) in [5.41, 5.74) is 0. The zero-order chi connectivity index (χ0) is 12.7. The van der Waals surface area contributed by atoms with E-state index in [-0.39, 0.29) is 30.5 Å². The molecule has 1 aliphatic heterocycles. The van der Waals surface area contributed by atoms with Crippen LogP contribution < -0.4 is 10.6 Å². The molecule has 0 saturated carbocycles. The minimum Gasteiger partial charge on any atom is -0.396 e. The third-order valence-corrected chi connectivity index (χ3v) is 3.02. The second kappa shape index (κ2) is 7.63. The summed E-state index contributed by atoms with van der Waals surface area (Å²) in [5, 5.41) is 15.0. The van der Waals surface area contributed by atoms with Crippen LogP contribution in [0, 0.1) is 5.92 Å². The Morgan fingerprint density at radius 2 is 2.29 bits per heavy atom. The average Bonchev–Trinajstić information content (AvgIpc) is 2.74. The smallest absolute Gasteiger partial charge is 0.227 e. The maximum absolute atomic E-state index is 12.0. The number of ether oxygens (including phenoxy) is 1. The molecule has 1 amide bonds. The summed E-state index contributed by atoms with van der Waals surface area (Å²) in [7, 11) is 0. The number of aliphatic hydroxyl groups is 1. The number of carbonyl (C=O) groups excluding carboxylic acids is 1. The quantitative estimate of drug-likeness (QED) is 0.584. The van der Waals surface area contributed by atoms with Gasteiger partial charge in [-0.15, -0.1) is 0 Å². The molecular weight excluding hydrogens is 220 g/mol. The first kappa shape index (κ1) is 14.4. The fraction of sp³-hybridized carbons (Fsp3) is 0.917. The van der Waals surface area contributed by atoms with Gasteiger partial charge in [0.15, 0.2) is 0 Å². The predicted octanol–water partition coefficient (Wildman–Crippen LogP) is -0.112. The first-order valence-electron chi connectivity index (χ1n) is 6.41. The molecule has 0 spiro atoms. The minimum absolute atomic E-state index is 0.0138. The summed E-state index contributed by atoms with van der Waals surface area (Å²) >= 11 is 0. The molecule has 0 radical (unpaired) electrons. The van der Waals surface area contributed by atoms with Crippen molar-refractivity contribution in [1.82, 2.24) is 10.6 Å². The number of rotatable bonds is 7. The third kappa shape index (κ3) is 4.61. The Bertz CT molecular complexity index is 236. The van der Waals surface area contributed by atoms with Crippen molar-refractivity contribution in [2.24, 2.45) is 5.92 Å². The Balaban J connectivity index is 2.38.